The van der Waals surface area contributed by atoms with Crippen LogP contribution in [-0.4, -0.2) is 37.0 Å². The number of halogens is 1. The van der Waals surface area contributed by atoms with Crippen molar-refractivity contribution in [3.8, 4) is 0 Å². The molecular weight excluding hydrogens is 318 g/mol. The van der Waals surface area contributed by atoms with E-state index >= 15 is 0 Å². The first kappa shape index (κ1) is 17.1. The van der Waals surface area contributed by atoms with Crippen molar-refractivity contribution in [3.05, 3.63) is 34.3 Å². The molecule has 0 radical (unpaired) electrons. The van der Waals surface area contributed by atoms with Crippen LogP contribution in [0.15, 0.2) is 28.7 Å². The first-order valence-corrected chi connectivity index (χ1v) is 7.77. The minimum absolute atomic E-state index is 0.0610. The zero-order chi connectivity index (χ0) is 15.0. The third-order valence-electron chi connectivity index (χ3n) is 3.21. The van der Waals surface area contributed by atoms with E-state index in [2.05, 4.69) is 38.3 Å². The van der Waals surface area contributed by atoms with Gasteiger partial charge in [-0.1, -0.05) is 35.0 Å². The molecule has 5 heteroatoms. The maximum absolute atomic E-state index is 11.8. The molecule has 0 aliphatic carbocycles. The average Bonchev–Trinajstić information content (AvgIpc) is 2.42. The van der Waals surface area contributed by atoms with Gasteiger partial charge in [-0.2, -0.15) is 0 Å². The van der Waals surface area contributed by atoms with E-state index in [1.54, 1.807) is 0 Å². The number of likely N-dealkylation sites (N-methyl/N-ethyl adjacent to an activating group) is 1. The lowest BCUT2D eigenvalue weighted by atomic mass is 10.1. The van der Waals surface area contributed by atoms with Crippen molar-refractivity contribution in [1.29, 1.82) is 0 Å². The molecule has 0 aliphatic rings. The topological polar surface area (TPSA) is 58.4 Å². The van der Waals surface area contributed by atoms with E-state index in [9.17, 15) is 4.79 Å². The van der Waals surface area contributed by atoms with Crippen molar-refractivity contribution in [2.45, 2.75) is 32.4 Å². The number of carbonyl (C=O) groups is 1. The van der Waals surface area contributed by atoms with Crippen LogP contribution < -0.4 is 11.1 Å². The smallest absolute Gasteiger partial charge is 0.221 e. The molecule has 1 amide bonds. The van der Waals surface area contributed by atoms with Gasteiger partial charge < -0.3 is 11.1 Å². The van der Waals surface area contributed by atoms with E-state index in [0.29, 0.717) is 13.0 Å². The van der Waals surface area contributed by atoms with Crippen LogP contribution in [0, 0.1) is 0 Å². The highest BCUT2D eigenvalue weighted by atomic mass is 79.9. The molecule has 1 unspecified atom stereocenters. The Labute approximate surface area is 129 Å². The molecule has 0 aliphatic heterocycles. The van der Waals surface area contributed by atoms with E-state index in [4.69, 9.17) is 5.73 Å². The first-order valence-electron chi connectivity index (χ1n) is 6.98. The standard InChI is InChI=1S/C15H24BrN3O/c1-3-7-18-15(20)9-14(10-17)19(2)11-12-5-4-6-13(16)8-12/h4-6,8,14H,3,7,9-11,17H2,1-2H3,(H,18,20). The van der Waals surface area contributed by atoms with Crippen molar-refractivity contribution in [1.82, 2.24) is 10.2 Å². The molecule has 4 nitrogen and oxygen atoms in total. The summed E-state index contributed by atoms with van der Waals surface area (Å²) in [5, 5.41) is 2.90. The summed E-state index contributed by atoms with van der Waals surface area (Å²) in [7, 11) is 2.01. The van der Waals surface area contributed by atoms with Gasteiger partial charge in [-0.25, -0.2) is 0 Å². The highest BCUT2D eigenvalue weighted by Crippen LogP contribution is 2.14. The molecule has 0 fully saturated rings. The van der Waals surface area contributed by atoms with Crippen LogP contribution in [0.1, 0.15) is 25.3 Å². The summed E-state index contributed by atoms with van der Waals surface area (Å²) in [6.45, 7) is 4.03. The van der Waals surface area contributed by atoms with Gasteiger partial charge in [-0.3, -0.25) is 9.69 Å². The molecule has 0 saturated heterocycles. The number of hydrogen-bond acceptors (Lipinski definition) is 3. The lowest BCUT2D eigenvalue weighted by molar-refractivity contribution is -0.122. The minimum atomic E-state index is 0.0610. The van der Waals surface area contributed by atoms with Crippen molar-refractivity contribution < 1.29 is 4.79 Å². The summed E-state index contributed by atoms with van der Waals surface area (Å²) >= 11 is 3.47. The summed E-state index contributed by atoms with van der Waals surface area (Å²) in [6, 6.07) is 8.24. The van der Waals surface area contributed by atoms with E-state index in [1.165, 1.54) is 5.56 Å². The number of nitrogens with two attached hydrogens (primary N) is 1. The minimum Gasteiger partial charge on any atom is -0.356 e. The molecule has 0 bridgehead atoms. The van der Waals surface area contributed by atoms with Gasteiger partial charge in [0, 0.05) is 36.6 Å². The Hall–Kier alpha value is -0.910. The lowest BCUT2D eigenvalue weighted by Gasteiger charge is -2.26. The second-order valence-corrected chi connectivity index (χ2v) is 5.90. The maximum Gasteiger partial charge on any atom is 0.221 e. The van der Waals surface area contributed by atoms with Crippen LogP contribution in [0.4, 0.5) is 0 Å². The quantitative estimate of drug-likeness (QED) is 0.761. The van der Waals surface area contributed by atoms with E-state index in [1.807, 2.05) is 26.1 Å². The van der Waals surface area contributed by atoms with E-state index < -0.39 is 0 Å². The fourth-order valence-electron chi connectivity index (χ4n) is 2.02. The van der Waals surface area contributed by atoms with Crippen LogP contribution in [0.25, 0.3) is 0 Å². The molecular formula is C15H24BrN3O. The van der Waals surface area contributed by atoms with Crippen molar-refractivity contribution in [3.63, 3.8) is 0 Å². The zero-order valence-corrected chi connectivity index (χ0v) is 13.8. The van der Waals surface area contributed by atoms with Gasteiger partial charge in [-0.15, -0.1) is 0 Å². The number of hydrogen-bond donors (Lipinski definition) is 2. The number of benzene rings is 1. The number of carbonyl (C=O) groups excluding carboxylic acids is 1. The third-order valence-corrected chi connectivity index (χ3v) is 3.70. The lowest BCUT2D eigenvalue weighted by Crippen LogP contribution is -2.41. The molecule has 1 atom stereocenters. The molecule has 20 heavy (non-hydrogen) atoms. The van der Waals surface area contributed by atoms with Crippen LogP contribution >= 0.6 is 15.9 Å². The Bertz CT molecular complexity index is 425. The highest BCUT2D eigenvalue weighted by molar-refractivity contribution is 9.10. The fourth-order valence-corrected chi connectivity index (χ4v) is 2.47. The summed E-state index contributed by atoms with van der Waals surface area (Å²) in [4.78, 5) is 13.9. The van der Waals surface area contributed by atoms with Gasteiger partial charge in [0.15, 0.2) is 0 Å². The molecule has 0 spiro atoms. The van der Waals surface area contributed by atoms with E-state index in [-0.39, 0.29) is 11.9 Å². The van der Waals surface area contributed by atoms with Crippen molar-refractivity contribution in [2.75, 3.05) is 20.1 Å². The van der Waals surface area contributed by atoms with Gasteiger partial charge in [-0.05, 0) is 31.2 Å². The van der Waals surface area contributed by atoms with Crippen molar-refractivity contribution >= 4 is 21.8 Å². The van der Waals surface area contributed by atoms with Gasteiger partial charge in [0.25, 0.3) is 0 Å². The largest absolute Gasteiger partial charge is 0.356 e. The van der Waals surface area contributed by atoms with Crippen LogP contribution in [0.2, 0.25) is 0 Å². The normalized spacial score (nSPS) is 12.4. The summed E-state index contributed by atoms with van der Waals surface area (Å²) in [6.07, 6.45) is 1.40. The van der Waals surface area contributed by atoms with E-state index in [0.717, 1.165) is 24.0 Å². The fraction of sp³-hybridized carbons (Fsp3) is 0.533. The average molecular weight is 342 g/mol. The second kappa shape index (κ2) is 9.10. The molecule has 1 aromatic rings. The number of nitrogens with zero attached hydrogens (tertiary/aromatic N) is 1. The Morgan fingerprint density at radius 3 is 2.85 bits per heavy atom. The molecule has 0 aromatic heterocycles. The predicted molar refractivity (Wildman–Crippen MR) is 86.4 cm³/mol. The summed E-state index contributed by atoms with van der Waals surface area (Å²) in [5.74, 6) is 0.0726. The van der Waals surface area contributed by atoms with Crippen LogP contribution in [-0.2, 0) is 11.3 Å². The monoisotopic (exact) mass is 341 g/mol. The molecule has 0 heterocycles. The number of rotatable bonds is 8. The first-order chi connectivity index (χ1) is 9.56. The Morgan fingerprint density at radius 2 is 2.25 bits per heavy atom. The molecule has 112 valence electrons. The number of amides is 1. The summed E-state index contributed by atoms with van der Waals surface area (Å²) < 4.78 is 1.06. The Morgan fingerprint density at radius 1 is 1.50 bits per heavy atom. The van der Waals surface area contributed by atoms with Gasteiger partial charge in [0.05, 0.1) is 0 Å². The molecule has 1 aromatic carbocycles. The Kier molecular flexibility index (Phi) is 7.80. The van der Waals surface area contributed by atoms with Gasteiger partial charge in [0.2, 0.25) is 5.91 Å². The van der Waals surface area contributed by atoms with Crippen LogP contribution in [0.5, 0.6) is 0 Å². The van der Waals surface area contributed by atoms with Gasteiger partial charge >= 0.3 is 0 Å². The van der Waals surface area contributed by atoms with Gasteiger partial charge in [0.1, 0.15) is 0 Å². The highest BCUT2D eigenvalue weighted by Gasteiger charge is 2.17. The zero-order valence-electron chi connectivity index (χ0n) is 12.2. The molecule has 0 saturated carbocycles. The molecule has 3 N–H and O–H groups in total. The predicted octanol–water partition coefficient (Wildman–Crippen LogP) is 2.12. The third kappa shape index (κ3) is 6.03. The van der Waals surface area contributed by atoms with Crippen LogP contribution in [0.3, 0.4) is 0 Å². The maximum atomic E-state index is 11.8. The second-order valence-electron chi connectivity index (χ2n) is 4.99. The molecule has 1 rings (SSSR count). The van der Waals surface area contributed by atoms with Crippen molar-refractivity contribution in [2.24, 2.45) is 5.73 Å². The number of nitrogens with one attached hydrogen (secondary N) is 1. The summed E-state index contributed by atoms with van der Waals surface area (Å²) in [5.41, 5.74) is 7.01. The Balaban J connectivity index is 2.54. The SMILES string of the molecule is CCCNC(=O)CC(CN)N(C)Cc1cccc(Br)c1.